The molecule has 0 aliphatic rings. The van der Waals surface area contributed by atoms with Gasteiger partial charge >= 0.3 is 0 Å². The van der Waals surface area contributed by atoms with Crippen LogP contribution >= 0.6 is 0 Å². The number of H-pyrrole nitrogens is 1. The van der Waals surface area contributed by atoms with E-state index in [2.05, 4.69) is 34.3 Å². The highest BCUT2D eigenvalue weighted by Crippen LogP contribution is 2.21. The van der Waals surface area contributed by atoms with Gasteiger partial charge in [-0.1, -0.05) is 38.3 Å². The fourth-order valence-corrected chi connectivity index (χ4v) is 2.06. The minimum Gasteiger partial charge on any atom is -0.277 e. The summed E-state index contributed by atoms with van der Waals surface area (Å²) >= 11 is 0. The third kappa shape index (κ3) is 4.05. The van der Waals surface area contributed by atoms with E-state index in [0.717, 1.165) is 23.2 Å². The molecule has 0 amide bonds. The first-order valence-corrected chi connectivity index (χ1v) is 7.02. The molecule has 100 valence electrons. The zero-order valence-electron chi connectivity index (χ0n) is 11.5. The molecule has 0 atom stereocenters. The van der Waals surface area contributed by atoms with E-state index in [0.29, 0.717) is 0 Å². The van der Waals surface area contributed by atoms with Crippen LogP contribution in [0.15, 0.2) is 36.8 Å². The second-order valence-corrected chi connectivity index (χ2v) is 4.69. The van der Waals surface area contributed by atoms with Gasteiger partial charge in [0, 0.05) is 23.5 Å². The first-order valence-electron chi connectivity index (χ1n) is 7.02. The molecule has 3 heteroatoms. The molecule has 3 nitrogen and oxygen atoms in total. The van der Waals surface area contributed by atoms with Crippen LogP contribution in [0.3, 0.4) is 0 Å². The Bertz CT molecular complexity index is 500. The van der Waals surface area contributed by atoms with Crippen LogP contribution < -0.4 is 0 Å². The van der Waals surface area contributed by atoms with Crippen LogP contribution in [0.1, 0.15) is 44.6 Å². The van der Waals surface area contributed by atoms with Gasteiger partial charge in [-0.05, 0) is 25.0 Å². The van der Waals surface area contributed by atoms with Gasteiger partial charge in [0.05, 0.1) is 11.9 Å². The third-order valence-electron chi connectivity index (χ3n) is 3.14. The largest absolute Gasteiger partial charge is 0.277 e. The Morgan fingerprint density at radius 1 is 1.21 bits per heavy atom. The lowest BCUT2D eigenvalue weighted by atomic mass is 10.1. The third-order valence-corrected chi connectivity index (χ3v) is 3.14. The smallest absolute Gasteiger partial charge is 0.0737 e. The molecule has 0 aliphatic heterocycles. The van der Waals surface area contributed by atoms with Crippen molar-refractivity contribution in [2.24, 2.45) is 0 Å². The van der Waals surface area contributed by atoms with Crippen LogP contribution in [0.25, 0.3) is 17.3 Å². The predicted molar refractivity (Wildman–Crippen MR) is 79.6 cm³/mol. The van der Waals surface area contributed by atoms with Crippen molar-refractivity contribution in [1.82, 2.24) is 15.2 Å². The van der Waals surface area contributed by atoms with Gasteiger partial charge in [0.1, 0.15) is 0 Å². The van der Waals surface area contributed by atoms with Gasteiger partial charge in [-0.3, -0.25) is 10.1 Å². The van der Waals surface area contributed by atoms with Gasteiger partial charge in [-0.25, -0.2) is 0 Å². The summed E-state index contributed by atoms with van der Waals surface area (Å²) in [5.41, 5.74) is 3.24. The Hall–Kier alpha value is -1.90. The van der Waals surface area contributed by atoms with Crippen LogP contribution in [-0.4, -0.2) is 15.2 Å². The van der Waals surface area contributed by atoms with Crippen molar-refractivity contribution in [2.45, 2.75) is 39.0 Å². The van der Waals surface area contributed by atoms with E-state index >= 15 is 0 Å². The minimum absolute atomic E-state index is 1.04. The summed E-state index contributed by atoms with van der Waals surface area (Å²) in [6.07, 6.45) is 16.2. The fraction of sp³-hybridized carbons (Fsp3) is 0.375. The molecule has 0 radical (unpaired) electrons. The van der Waals surface area contributed by atoms with Gasteiger partial charge in [0.15, 0.2) is 0 Å². The average molecular weight is 255 g/mol. The standard InChI is InChI=1S/C16H21N3/c1-2-3-4-5-6-7-9-15-13-18-19-16(15)14-10-8-11-17-12-14/h7-13H,2-6H2,1H3,(H,18,19). The second-order valence-electron chi connectivity index (χ2n) is 4.69. The molecule has 1 N–H and O–H groups in total. The Balaban J connectivity index is 1.95. The molecule has 0 fully saturated rings. The number of hydrogen-bond donors (Lipinski definition) is 1. The monoisotopic (exact) mass is 255 g/mol. The van der Waals surface area contributed by atoms with E-state index in [-0.39, 0.29) is 0 Å². The zero-order chi connectivity index (χ0) is 13.3. The van der Waals surface area contributed by atoms with Crippen LogP contribution in [0.2, 0.25) is 0 Å². The maximum Gasteiger partial charge on any atom is 0.0737 e. The number of pyridine rings is 1. The minimum atomic E-state index is 1.04. The molecule has 0 saturated heterocycles. The Labute approximate surface area is 114 Å². The molecular formula is C16H21N3. The van der Waals surface area contributed by atoms with Crippen molar-refractivity contribution in [3.05, 3.63) is 42.4 Å². The lowest BCUT2D eigenvalue weighted by Crippen LogP contribution is -1.82. The summed E-state index contributed by atoms with van der Waals surface area (Å²) in [6.45, 7) is 2.24. The highest BCUT2D eigenvalue weighted by Gasteiger charge is 2.04. The van der Waals surface area contributed by atoms with Gasteiger partial charge < -0.3 is 0 Å². The number of allylic oxidation sites excluding steroid dienone is 1. The summed E-state index contributed by atoms with van der Waals surface area (Å²) in [7, 11) is 0. The molecule has 2 aromatic heterocycles. The average Bonchev–Trinajstić information content (AvgIpc) is 2.92. The topological polar surface area (TPSA) is 41.6 Å². The van der Waals surface area contributed by atoms with Crippen molar-refractivity contribution < 1.29 is 0 Å². The maximum absolute atomic E-state index is 4.14. The first-order chi connectivity index (χ1) is 9.42. The summed E-state index contributed by atoms with van der Waals surface area (Å²) < 4.78 is 0. The second kappa shape index (κ2) is 7.52. The lowest BCUT2D eigenvalue weighted by molar-refractivity contribution is 0.675. The van der Waals surface area contributed by atoms with E-state index in [1.54, 1.807) is 6.20 Å². The van der Waals surface area contributed by atoms with Crippen LogP contribution in [0.5, 0.6) is 0 Å². The lowest BCUT2D eigenvalue weighted by Gasteiger charge is -1.98. The van der Waals surface area contributed by atoms with Crippen molar-refractivity contribution in [3.8, 4) is 11.3 Å². The molecule has 0 spiro atoms. The molecule has 0 aliphatic carbocycles. The number of aromatic nitrogens is 3. The van der Waals surface area contributed by atoms with Crippen LogP contribution in [0.4, 0.5) is 0 Å². The Kier molecular flexibility index (Phi) is 5.35. The van der Waals surface area contributed by atoms with E-state index in [4.69, 9.17) is 0 Å². The molecule has 2 aromatic rings. The van der Waals surface area contributed by atoms with E-state index in [1.807, 2.05) is 24.5 Å². The van der Waals surface area contributed by atoms with Crippen molar-refractivity contribution in [3.63, 3.8) is 0 Å². The number of rotatable bonds is 7. The normalized spacial score (nSPS) is 11.2. The van der Waals surface area contributed by atoms with E-state index in [9.17, 15) is 0 Å². The number of nitrogens with one attached hydrogen (secondary N) is 1. The molecule has 0 bridgehead atoms. The summed E-state index contributed by atoms with van der Waals surface area (Å²) in [5.74, 6) is 0. The van der Waals surface area contributed by atoms with E-state index < -0.39 is 0 Å². The molecule has 0 saturated carbocycles. The fourth-order valence-electron chi connectivity index (χ4n) is 2.06. The zero-order valence-corrected chi connectivity index (χ0v) is 11.5. The number of unbranched alkanes of at least 4 members (excludes halogenated alkanes) is 4. The maximum atomic E-state index is 4.14. The summed E-state index contributed by atoms with van der Waals surface area (Å²) in [6, 6.07) is 3.98. The quantitative estimate of drug-likeness (QED) is 0.742. The number of hydrogen-bond acceptors (Lipinski definition) is 2. The Morgan fingerprint density at radius 3 is 2.95 bits per heavy atom. The highest BCUT2D eigenvalue weighted by molar-refractivity contribution is 5.70. The molecule has 0 aromatic carbocycles. The van der Waals surface area contributed by atoms with Crippen molar-refractivity contribution in [2.75, 3.05) is 0 Å². The van der Waals surface area contributed by atoms with Crippen LogP contribution in [-0.2, 0) is 0 Å². The molecular weight excluding hydrogens is 234 g/mol. The first kappa shape index (κ1) is 13.5. The van der Waals surface area contributed by atoms with Crippen molar-refractivity contribution >= 4 is 6.08 Å². The molecule has 2 heterocycles. The molecule has 2 rings (SSSR count). The van der Waals surface area contributed by atoms with Crippen molar-refractivity contribution in [1.29, 1.82) is 0 Å². The SMILES string of the molecule is CCCCCCC=Cc1cn[nH]c1-c1cccnc1. The van der Waals surface area contributed by atoms with Gasteiger partial charge in [-0.15, -0.1) is 0 Å². The van der Waals surface area contributed by atoms with E-state index in [1.165, 1.54) is 25.7 Å². The number of nitrogens with zero attached hydrogens (tertiary/aromatic N) is 2. The predicted octanol–water partition coefficient (Wildman–Crippen LogP) is 4.46. The van der Waals surface area contributed by atoms with Gasteiger partial charge in [0.25, 0.3) is 0 Å². The molecule has 19 heavy (non-hydrogen) atoms. The van der Waals surface area contributed by atoms with Gasteiger partial charge in [-0.2, -0.15) is 5.10 Å². The summed E-state index contributed by atoms with van der Waals surface area (Å²) in [4.78, 5) is 4.14. The van der Waals surface area contributed by atoms with Crippen LogP contribution in [0, 0.1) is 0 Å². The number of aromatic amines is 1. The van der Waals surface area contributed by atoms with Gasteiger partial charge in [0.2, 0.25) is 0 Å². The Morgan fingerprint density at radius 2 is 2.16 bits per heavy atom. The summed E-state index contributed by atoms with van der Waals surface area (Å²) in [5, 5.41) is 7.16. The molecule has 0 unspecified atom stereocenters. The highest BCUT2D eigenvalue weighted by atomic mass is 15.1.